The zero-order valence-corrected chi connectivity index (χ0v) is 13.2. The van der Waals surface area contributed by atoms with Gasteiger partial charge in [0.05, 0.1) is 12.6 Å². The van der Waals surface area contributed by atoms with Crippen molar-refractivity contribution in [2.75, 3.05) is 6.54 Å². The molecule has 2 aromatic rings. The van der Waals surface area contributed by atoms with E-state index in [1.807, 2.05) is 41.2 Å². The summed E-state index contributed by atoms with van der Waals surface area (Å²) in [5.74, 6) is 0.0705. The van der Waals surface area contributed by atoms with Crippen molar-refractivity contribution in [3.63, 3.8) is 0 Å². The summed E-state index contributed by atoms with van der Waals surface area (Å²) in [6.07, 6.45) is 3.60. The molecule has 4 N–H and O–H groups in total. The molecule has 0 saturated heterocycles. The molecule has 1 aromatic heterocycles. The van der Waals surface area contributed by atoms with Crippen LogP contribution in [0.5, 0.6) is 0 Å². The molecule has 0 spiro atoms. The molecule has 0 saturated carbocycles. The molecule has 102 valence electrons. The Hall–Kier alpha value is -1.28. The largest absolute Gasteiger partial charge is 0.370 e. The predicted molar refractivity (Wildman–Crippen MR) is 87.9 cm³/mol. The molecule has 1 heterocycles. The highest BCUT2D eigenvalue weighted by Crippen LogP contribution is 2.20. The molecule has 7 heteroatoms. The maximum absolute atomic E-state index is 5.88. The second kappa shape index (κ2) is 7.34. The molecular formula is C12H15ClIN5. The van der Waals surface area contributed by atoms with Gasteiger partial charge in [0.15, 0.2) is 5.96 Å². The molecule has 0 radical (unpaired) electrons. The fourth-order valence-electron chi connectivity index (χ4n) is 1.68. The van der Waals surface area contributed by atoms with E-state index in [0.29, 0.717) is 11.6 Å². The summed E-state index contributed by atoms with van der Waals surface area (Å²) in [6.45, 7) is 0.436. The summed E-state index contributed by atoms with van der Waals surface area (Å²) >= 11 is 5.88. The van der Waals surface area contributed by atoms with Crippen LogP contribution >= 0.6 is 35.6 Å². The number of aliphatic imine (C=N–C) groups is 1. The van der Waals surface area contributed by atoms with Crippen molar-refractivity contribution in [3.8, 4) is 0 Å². The number of nitrogens with two attached hydrogens (primary N) is 2. The van der Waals surface area contributed by atoms with Crippen LogP contribution < -0.4 is 11.5 Å². The fourth-order valence-corrected chi connectivity index (χ4v) is 1.81. The third-order valence-corrected chi connectivity index (χ3v) is 2.80. The number of benzene rings is 1. The number of hydrogen-bond acceptors (Lipinski definition) is 2. The normalized spacial score (nSPS) is 11.4. The SMILES string of the molecule is I.NC(N)=NCC(c1ccc(Cl)cc1)n1cccn1. The number of rotatable bonds is 4. The van der Waals surface area contributed by atoms with E-state index in [0.717, 1.165) is 5.56 Å². The van der Waals surface area contributed by atoms with E-state index in [1.165, 1.54) is 0 Å². The highest BCUT2D eigenvalue weighted by atomic mass is 127. The van der Waals surface area contributed by atoms with E-state index < -0.39 is 0 Å². The summed E-state index contributed by atoms with van der Waals surface area (Å²) < 4.78 is 1.82. The van der Waals surface area contributed by atoms with Crippen LogP contribution in [-0.4, -0.2) is 22.3 Å². The zero-order valence-electron chi connectivity index (χ0n) is 10.1. The first-order chi connectivity index (χ1) is 8.66. The third-order valence-electron chi connectivity index (χ3n) is 2.55. The number of halogens is 2. The molecular weight excluding hydrogens is 377 g/mol. The number of hydrogen-bond donors (Lipinski definition) is 2. The zero-order chi connectivity index (χ0) is 13.0. The van der Waals surface area contributed by atoms with Gasteiger partial charge in [-0.1, -0.05) is 23.7 Å². The van der Waals surface area contributed by atoms with Gasteiger partial charge in [0.1, 0.15) is 0 Å². The van der Waals surface area contributed by atoms with Gasteiger partial charge < -0.3 is 11.5 Å². The van der Waals surface area contributed by atoms with Gasteiger partial charge in [-0.05, 0) is 23.8 Å². The highest BCUT2D eigenvalue weighted by Gasteiger charge is 2.13. The monoisotopic (exact) mass is 391 g/mol. The fraction of sp³-hybridized carbons (Fsp3) is 0.167. The first-order valence-corrected chi connectivity index (χ1v) is 5.84. The molecule has 0 fully saturated rings. The summed E-state index contributed by atoms with van der Waals surface area (Å²) in [4.78, 5) is 4.06. The van der Waals surface area contributed by atoms with Gasteiger partial charge in [0.2, 0.25) is 0 Å². The molecule has 2 rings (SSSR count). The first-order valence-electron chi connectivity index (χ1n) is 5.47. The molecule has 0 aliphatic carbocycles. The molecule has 0 bridgehead atoms. The summed E-state index contributed by atoms with van der Waals surface area (Å²) in [5.41, 5.74) is 11.8. The molecule has 0 aliphatic heterocycles. The van der Waals surface area contributed by atoms with E-state index in [2.05, 4.69) is 10.1 Å². The predicted octanol–water partition coefficient (Wildman–Crippen LogP) is 2.02. The van der Waals surface area contributed by atoms with Crippen molar-refractivity contribution < 1.29 is 0 Å². The Morgan fingerprint density at radius 3 is 2.53 bits per heavy atom. The molecule has 0 amide bonds. The second-order valence-corrected chi connectivity index (χ2v) is 4.26. The van der Waals surface area contributed by atoms with Crippen molar-refractivity contribution in [2.45, 2.75) is 6.04 Å². The Morgan fingerprint density at radius 1 is 1.32 bits per heavy atom. The molecule has 1 aromatic carbocycles. The minimum Gasteiger partial charge on any atom is -0.370 e. The summed E-state index contributed by atoms with van der Waals surface area (Å²) in [5, 5.41) is 4.92. The Balaban J connectivity index is 0.00000180. The van der Waals surface area contributed by atoms with E-state index in [9.17, 15) is 0 Å². The van der Waals surface area contributed by atoms with Gasteiger partial charge >= 0.3 is 0 Å². The Labute approximate surface area is 133 Å². The lowest BCUT2D eigenvalue weighted by atomic mass is 10.1. The summed E-state index contributed by atoms with van der Waals surface area (Å²) in [6, 6.07) is 9.37. The lowest BCUT2D eigenvalue weighted by Crippen LogP contribution is -2.25. The third kappa shape index (κ3) is 4.39. The van der Waals surface area contributed by atoms with Gasteiger partial charge in [-0.2, -0.15) is 5.10 Å². The van der Waals surface area contributed by atoms with Crippen LogP contribution in [0.2, 0.25) is 5.02 Å². The number of nitrogens with zero attached hydrogens (tertiary/aromatic N) is 3. The van der Waals surface area contributed by atoms with Gasteiger partial charge in [-0.25, -0.2) is 0 Å². The minimum absolute atomic E-state index is 0. The van der Waals surface area contributed by atoms with Crippen LogP contribution in [-0.2, 0) is 0 Å². The van der Waals surface area contributed by atoms with Crippen LogP contribution in [0, 0.1) is 0 Å². The van der Waals surface area contributed by atoms with Gasteiger partial charge in [-0.3, -0.25) is 9.67 Å². The molecule has 19 heavy (non-hydrogen) atoms. The van der Waals surface area contributed by atoms with Gasteiger partial charge in [0, 0.05) is 17.4 Å². The number of guanidine groups is 1. The van der Waals surface area contributed by atoms with E-state index in [1.54, 1.807) is 6.20 Å². The van der Waals surface area contributed by atoms with E-state index in [4.69, 9.17) is 23.1 Å². The van der Waals surface area contributed by atoms with Gasteiger partial charge in [-0.15, -0.1) is 24.0 Å². The first kappa shape index (κ1) is 15.8. The van der Waals surface area contributed by atoms with Crippen molar-refractivity contribution in [3.05, 3.63) is 53.3 Å². The summed E-state index contributed by atoms with van der Waals surface area (Å²) in [7, 11) is 0. The molecule has 1 atom stereocenters. The van der Waals surface area contributed by atoms with Crippen LogP contribution in [0.25, 0.3) is 0 Å². The average Bonchev–Trinajstić information content (AvgIpc) is 2.85. The van der Waals surface area contributed by atoms with E-state index >= 15 is 0 Å². The standard InChI is InChI=1S/C12H14ClN5.HI/c13-10-4-2-9(3-5-10)11(8-16-12(14)15)18-7-1-6-17-18;/h1-7,11H,8H2,(H4,14,15,16);1H. The maximum Gasteiger partial charge on any atom is 0.185 e. The Bertz CT molecular complexity index is 520. The quantitative estimate of drug-likeness (QED) is 0.475. The topological polar surface area (TPSA) is 82.2 Å². The van der Waals surface area contributed by atoms with Crippen LogP contribution in [0.3, 0.4) is 0 Å². The molecule has 1 unspecified atom stereocenters. The van der Waals surface area contributed by atoms with Gasteiger partial charge in [0.25, 0.3) is 0 Å². The second-order valence-electron chi connectivity index (χ2n) is 3.82. The number of aromatic nitrogens is 2. The average molecular weight is 392 g/mol. The maximum atomic E-state index is 5.88. The van der Waals surface area contributed by atoms with Crippen LogP contribution in [0.15, 0.2) is 47.7 Å². The smallest absolute Gasteiger partial charge is 0.185 e. The van der Waals surface area contributed by atoms with Crippen molar-refractivity contribution in [1.29, 1.82) is 0 Å². The van der Waals surface area contributed by atoms with Crippen LogP contribution in [0.1, 0.15) is 11.6 Å². The van der Waals surface area contributed by atoms with E-state index in [-0.39, 0.29) is 36.0 Å². The van der Waals surface area contributed by atoms with Crippen molar-refractivity contribution >= 4 is 41.5 Å². The van der Waals surface area contributed by atoms with Crippen LogP contribution in [0.4, 0.5) is 0 Å². The lowest BCUT2D eigenvalue weighted by Gasteiger charge is -2.16. The molecule has 5 nitrogen and oxygen atoms in total. The Kier molecular flexibility index (Phi) is 6.10. The van der Waals surface area contributed by atoms with Crippen molar-refractivity contribution in [2.24, 2.45) is 16.5 Å². The Morgan fingerprint density at radius 2 is 2.00 bits per heavy atom. The minimum atomic E-state index is -0.0423. The lowest BCUT2D eigenvalue weighted by molar-refractivity contribution is 0.532. The molecule has 0 aliphatic rings. The highest BCUT2D eigenvalue weighted by molar-refractivity contribution is 14.0. The van der Waals surface area contributed by atoms with Crippen molar-refractivity contribution in [1.82, 2.24) is 9.78 Å².